The number of fused-ring (bicyclic) bond motifs is 5. The predicted octanol–water partition coefficient (Wildman–Crippen LogP) is 9.17. The zero-order valence-corrected chi connectivity index (χ0v) is 29.2. The number of anilines is 1. The Morgan fingerprint density at radius 1 is 0.949 bits per heavy atom. The van der Waals surface area contributed by atoms with E-state index in [0.717, 1.165) is 17.7 Å². The Morgan fingerprint density at radius 2 is 1.54 bits per heavy atom. The average Bonchev–Trinajstić information content (AvgIpc) is 3.35. The Labute approximate surface area is 255 Å². The van der Waals surface area contributed by atoms with Gasteiger partial charge < -0.3 is 17.4 Å². The van der Waals surface area contributed by atoms with E-state index < -0.39 is 25.1 Å². The summed E-state index contributed by atoms with van der Waals surface area (Å²) in [6.07, 6.45) is 9.57. The van der Waals surface area contributed by atoms with Crippen molar-refractivity contribution in [3.05, 3.63) is 84.3 Å². The Balaban J connectivity index is 0.00000101. The number of likely N-dealkylation sites (N-methyl/N-ethyl adjacent to an activating group) is 1. The van der Waals surface area contributed by atoms with Gasteiger partial charge in [0.2, 0.25) is 0 Å². The molecule has 0 saturated heterocycles. The van der Waals surface area contributed by atoms with Crippen LogP contribution in [0.15, 0.2) is 54.6 Å². The van der Waals surface area contributed by atoms with Crippen LogP contribution in [0.1, 0.15) is 62.8 Å². The monoisotopic (exact) mass is 618 g/mol. The minimum atomic E-state index is -2.14. The molecule has 1 saturated carbocycles. The molecule has 2 aromatic carbocycles. The third kappa shape index (κ3) is 5.48. The molecule has 2 aliphatic carbocycles. The molecule has 6 heteroatoms. The number of phenols is 1. The van der Waals surface area contributed by atoms with Crippen molar-refractivity contribution in [1.29, 1.82) is 0 Å². The molecule has 0 amide bonds. The van der Waals surface area contributed by atoms with Gasteiger partial charge in [0.15, 0.2) is 0 Å². The van der Waals surface area contributed by atoms with Crippen LogP contribution in [0.25, 0.3) is 0 Å². The first-order valence-corrected chi connectivity index (χ1v) is 20.7. The molecule has 0 bridgehead atoms. The summed E-state index contributed by atoms with van der Waals surface area (Å²) in [5.74, 6) is 2.16. The molecule has 5 rings (SSSR count). The molecule has 5 unspecified atom stereocenters. The average molecular weight is 620 g/mol. The van der Waals surface area contributed by atoms with Crippen LogP contribution in [0, 0.1) is 33.1 Å². The molecule has 0 aromatic heterocycles. The maximum absolute atomic E-state index is 11.9. The second kappa shape index (κ2) is 12.5. The van der Waals surface area contributed by atoms with Gasteiger partial charge in [-0.05, 0) is 59.0 Å². The summed E-state index contributed by atoms with van der Waals surface area (Å²) in [4.78, 5) is 2.62. The molecule has 5 atom stereocenters. The summed E-state index contributed by atoms with van der Waals surface area (Å²) in [6, 6.07) is 14.4. The number of rotatable bonds is 4. The third-order valence-corrected chi connectivity index (χ3v) is 15.6. The van der Waals surface area contributed by atoms with Crippen LogP contribution in [0.4, 0.5) is 5.69 Å². The fourth-order valence-corrected chi connectivity index (χ4v) is 13.9. The standard InChI is InChI=1S/C32H43NOSi.CH3.2ClH.Ti/c1-9-35(10-2,27-19-21(4)18-25(30(27)34)32(5,6)7)31-23-14-12-11-13-22(23)28-24-17-20(3)15-16-26(24)33(8)29(28)31;;;;/h11-19,22-23,28-29,31,34H,9-10H2,1-8H3;1H3;2*1H;/q;-1;;;+2/p-2. The molecule has 0 radical (unpaired) electrons. The van der Waals surface area contributed by atoms with Gasteiger partial charge in [-0.1, -0.05) is 106 Å². The Kier molecular flexibility index (Phi) is 10.4. The van der Waals surface area contributed by atoms with E-state index in [2.05, 4.69) is 115 Å². The summed E-state index contributed by atoms with van der Waals surface area (Å²) < 4.78 is 0. The van der Waals surface area contributed by atoms with Crippen LogP contribution in [0.2, 0.25) is 17.6 Å². The molecule has 1 aliphatic heterocycles. The van der Waals surface area contributed by atoms with E-state index in [1.165, 1.54) is 27.6 Å². The van der Waals surface area contributed by atoms with Crippen molar-refractivity contribution < 1.29 is 22.1 Å². The molecule has 3 aliphatic rings. The molecule has 212 valence electrons. The molecule has 1 N–H and O–H groups in total. The second-order valence-corrected chi connectivity index (χ2v) is 20.0. The van der Waals surface area contributed by atoms with Gasteiger partial charge in [-0.25, -0.2) is 0 Å². The Hall–Kier alpha value is -0.969. The van der Waals surface area contributed by atoms with Crippen molar-refractivity contribution in [2.75, 3.05) is 11.9 Å². The number of aryl methyl sites for hydroxylation is 2. The quantitative estimate of drug-likeness (QED) is 0.273. The first-order chi connectivity index (χ1) is 18.0. The van der Waals surface area contributed by atoms with Crippen molar-refractivity contribution in [2.45, 2.75) is 83.5 Å². The number of benzene rings is 2. The molecule has 2 aromatic rings. The summed E-state index contributed by atoms with van der Waals surface area (Å²) in [5.41, 5.74) is 7.16. The maximum atomic E-state index is 11.9. The van der Waals surface area contributed by atoms with Gasteiger partial charge in [0, 0.05) is 24.7 Å². The Bertz CT molecular complexity index is 1230. The molecular weight excluding hydrogens is 573 g/mol. The topological polar surface area (TPSA) is 23.5 Å². The van der Waals surface area contributed by atoms with Crippen molar-refractivity contribution in [1.82, 2.24) is 0 Å². The summed E-state index contributed by atoms with van der Waals surface area (Å²) in [7, 11) is 9.97. The molecule has 1 fully saturated rings. The van der Waals surface area contributed by atoms with Crippen molar-refractivity contribution >= 4 is 37.6 Å². The molecule has 39 heavy (non-hydrogen) atoms. The van der Waals surface area contributed by atoms with E-state index in [-0.39, 0.29) is 12.8 Å². The Morgan fingerprint density at radius 3 is 2.10 bits per heavy atom. The molecule has 1 heterocycles. The van der Waals surface area contributed by atoms with Gasteiger partial charge in [0.05, 0.1) is 8.07 Å². The third-order valence-electron chi connectivity index (χ3n) is 9.66. The molecule has 0 spiro atoms. The van der Waals surface area contributed by atoms with Gasteiger partial charge in [0.1, 0.15) is 5.75 Å². The van der Waals surface area contributed by atoms with E-state index in [0.29, 0.717) is 35.1 Å². The summed E-state index contributed by atoms with van der Waals surface area (Å²) in [6.45, 7) is 15.9. The number of allylic oxidation sites excluding steroid dienone is 4. The van der Waals surface area contributed by atoms with Crippen LogP contribution < -0.4 is 10.1 Å². The fourth-order valence-electron chi connectivity index (χ4n) is 8.04. The summed E-state index contributed by atoms with van der Waals surface area (Å²) in [5, 5.41) is 13.2. The normalized spacial score (nSPS) is 24.8. The van der Waals surface area contributed by atoms with Crippen molar-refractivity contribution in [2.24, 2.45) is 11.8 Å². The number of halogens is 2. The zero-order chi connectivity index (χ0) is 28.0. The van der Waals surface area contributed by atoms with Gasteiger partial charge >= 0.3 is 35.6 Å². The van der Waals surface area contributed by atoms with Crippen molar-refractivity contribution in [3.63, 3.8) is 0 Å². The minimum absolute atomic E-state index is 0. The van der Waals surface area contributed by atoms with Crippen LogP contribution in [0.3, 0.4) is 0 Å². The van der Waals surface area contributed by atoms with Crippen LogP contribution in [-0.2, 0) is 22.4 Å². The number of aromatic hydroxyl groups is 1. The summed E-state index contributed by atoms with van der Waals surface area (Å²) >= 11 is -0.556. The number of hydrogen-bond acceptors (Lipinski definition) is 2. The van der Waals surface area contributed by atoms with Gasteiger partial charge in [-0.15, -0.1) is 0 Å². The van der Waals surface area contributed by atoms with E-state index in [9.17, 15) is 5.11 Å². The second-order valence-electron chi connectivity index (χ2n) is 12.5. The number of nitrogens with zero attached hydrogens (tertiary/aromatic N) is 1. The first-order valence-electron chi connectivity index (χ1n) is 14.0. The SMILES string of the molecule is CC[Si](CC)(c1cc(C)cc(C(C)(C)C)c1O)C1C2C=CC=CC2C2c3cc(C)ccc3N(C)C21.[CH3-].[Cl][Ti][Cl]. The van der Waals surface area contributed by atoms with Gasteiger partial charge in [0.25, 0.3) is 0 Å². The van der Waals surface area contributed by atoms with Gasteiger partial charge in [-0.2, -0.15) is 0 Å². The van der Waals surface area contributed by atoms with E-state index in [4.69, 9.17) is 18.6 Å². The number of phenolic OH excluding ortho intramolecular Hbond substituents is 1. The van der Waals surface area contributed by atoms with Crippen LogP contribution in [0.5, 0.6) is 5.75 Å². The first kappa shape index (κ1) is 32.5. The van der Waals surface area contributed by atoms with Crippen molar-refractivity contribution in [3.8, 4) is 5.75 Å². The fraction of sp³-hybridized carbons (Fsp3) is 0.485. The van der Waals surface area contributed by atoms with E-state index in [1.54, 1.807) is 0 Å². The van der Waals surface area contributed by atoms with Gasteiger partial charge in [-0.3, -0.25) is 0 Å². The number of hydrogen-bond donors (Lipinski definition) is 1. The molecular formula is C33H46Cl2NOSiTi-. The predicted molar refractivity (Wildman–Crippen MR) is 171 cm³/mol. The van der Waals surface area contributed by atoms with E-state index in [1.807, 2.05) is 0 Å². The van der Waals surface area contributed by atoms with Crippen LogP contribution in [-0.4, -0.2) is 26.3 Å². The van der Waals surface area contributed by atoms with Crippen LogP contribution >= 0.6 is 18.6 Å². The zero-order valence-electron chi connectivity index (χ0n) is 25.1. The van der Waals surface area contributed by atoms with E-state index >= 15 is 0 Å². The molecule has 2 nitrogen and oxygen atoms in total.